The average molecular weight is 361 g/mol. The molecule has 1 aliphatic rings. The highest BCUT2D eigenvalue weighted by Gasteiger charge is 2.19. The Bertz CT molecular complexity index is 779. The number of amides is 1. The Hall–Kier alpha value is -2.40. The number of halogens is 1. The van der Waals surface area contributed by atoms with E-state index >= 15 is 0 Å². The predicted octanol–water partition coefficient (Wildman–Crippen LogP) is 3.75. The summed E-state index contributed by atoms with van der Waals surface area (Å²) in [6.07, 6.45) is 1.42. The molecule has 1 heterocycles. The van der Waals surface area contributed by atoms with E-state index < -0.39 is 0 Å². The lowest BCUT2D eigenvalue weighted by Crippen LogP contribution is -2.26. The van der Waals surface area contributed by atoms with E-state index in [2.05, 4.69) is 28.4 Å². The lowest BCUT2D eigenvalue weighted by molar-refractivity contribution is -0.116. The van der Waals surface area contributed by atoms with Crippen molar-refractivity contribution in [3.8, 4) is 11.5 Å². The molecule has 0 bridgehead atoms. The Morgan fingerprint density at radius 3 is 2.72 bits per heavy atom. The average Bonchev–Trinajstić information content (AvgIpc) is 3.04. The van der Waals surface area contributed by atoms with Crippen molar-refractivity contribution >= 4 is 28.9 Å². The Kier molecular flexibility index (Phi) is 5.34. The SMILES string of the molecule is COc1cc(NC(=O)CCN2CCc3ccccc32)c(OC)cc1Cl. The van der Waals surface area contributed by atoms with Crippen LogP contribution in [0.5, 0.6) is 11.5 Å². The first-order valence-electron chi connectivity index (χ1n) is 8.16. The minimum Gasteiger partial charge on any atom is -0.495 e. The molecule has 1 aliphatic heterocycles. The number of para-hydroxylation sites is 1. The van der Waals surface area contributed by atoms with Crippen molar-refractivity contribution in [3.63, 3.8) is 0 Å². The highest BCUT2D eigenvalue weighted by atomic mass is 35.5. The van der Waals surface area contributed by atoms with E-state index in [0.717, 1.165) is 13.0 Å². The van der Waals surface area contributed by atoms with Gasteiger partial charge in [0.2, 0.25) is 5.91 Å². The number of methoxy groups -OCH3 is 2. The Balaban J connectivity index is 1.64. The van der Waals surface area contributed by atoms with Crippen LogP contribution >= 0.6 is 11.6 Å². The second-order valence-electron chi connectivity index (χ2n) is 5.85. The molecule has 0 atom stereocenters. The number of rotatable bonds is 6. The highest BCUT2D eigenvalue weighted by molar-refractivity contribution is 6.32. The van der Waals surface area contributed by atoms with Gasteiger partial charge >= 0.3 is 0 Å². The fourth-order valence-corrected chi connectivity index (χ4v) is 3.28. The van der Waals surface area contributed by atoms with E-state index in [1.165, 1.54) is 25.5 Å². The van der Waals surface area contributed by atoms with Crippen LogP contribution in [-0.4, -0.2) is 33.2 Å². The number of hydrogen-bond donors (Lipinski definition) is 1. The molecule has 132 valence electrons. The smallest absolute Gasteiger partial charge is 0.226 e. The molecule has 2 aromatic rings. The van der Waals surface area contributed by atoms with Crippen molar-refractivity contribution in [2.75, 3.05) is 37.5 Å². The van der Waals surface area contributed by atoms with Crippen molar-refractivity contribution in [1.82, 2.24) is 0 Å². The van der Waals surface area contributed by atoms with Crippen molar-refractivity contribution in [3.05, 3.63) is 47.0 Å². The largest absolute Gasteiger partial charge is 0.495 e. The molecule has 0 unspecified atom stereocenters. The number of hydrogen-bond acceptors (Lipinski definition) is 4. The summed E-state index contributed by atoms with van der Waals surface area (Å²) >= 11 is 6.09. The van der Waals surface area contributed by atoms with Gasteiger partial charge in [-0.25, -0.2) is 0 Å². The number of carbonyl (C=O) groups is 1. The van der Waals surface area contributed by atoms with Crippen LogP contribution in [0.3, 0.4) is 0 Å². The number of nitrogens with zero attached hydrogens (tertiary/aromatic N) is 1. The van der Waals surface area contributed by atoms with E-state index in [1.54, 1.807) is 12.1 Å². The van der Waals surface area contributed by atoms with Gasteiger partial charge in [-0.1, -0.05) is 29.8 Å². The fourth-order valence-electron chi connectivity index (χ4n) is 3.05. The molecule has 5 nitrogen and oxygen atoms in total. The lowest BCUT2D eigenvalue weighted by atomic mass is 10.2. The summed E-state index contributed by atoms with van der Waals surface area (Å²) < 4.78 is 10.5. The molecular weight excluding hydrogens is 340 g/mol. The summed E-state index contributed by atoms with van der Waals surface area (Å²) in [4.78, 5) is 14.6. The van der Waals surface area contributed by atoms with E-state index in [9.17, 15) is 4.79 Å². The maximum absolute atomic E-state index is 12.4. The number of anilines is 2. The molecule has 0 aliphatic carbocycles. The molecule has 0 spiro atoms. The number of nitrogens with one attached hydrogen (secondary N) is 1. The maximum atomic E-state index is 12.4. The summed E-state index contributed by atoms with van der Waals surface area (Å²) in [6, 6.07) is 11.6. The standard InChI is InChI=1S/C19H21ClN2O3/c1-24-17-12-15(18(25-2)11-14(17)20)21-19(23)8-10-22-9-7-13-5-3-4-6-16(13)22/h3-6,11-12H,7-10H2,1-2H3,(H,21,23). The van der Waals surface area contributed by atoms with Crippen LogP contribution in [0.15, 0.2) is 36.4 Å². The molecule has 3 rings (SSSR count). The first-order valence-corrected chi connectivity index (χ1v) is 8.54. The van der Waals surface area contributed by atoms with Crippen LogP contribution in [0.2, 0.25) is 5.02 Å². The van der Waals surface area contributed by atoms with E-state index in [0.29, 0.717) is 35.2 Å². The number of fused-ring (bicyclic) bond motifs is 1. The van der Waals surface area contributed by atoms with Crippen LogP contribution < -0.4 is 19.7 Å². The number of benzene rings is 2. The zero-order chi connectivity index (χ0) is 17.8. The fraction of sp³-hybridized carbons (Fsp3) is 0.316. The molecule has 0 aromatic heterocycles. The zero-order valence-corrected chi connectivity index (χ0v) is 15.1. The Labute approximate surface area is 152 Å². The van der Waals surface area contributed by atoms with Crippen LogP contribution in [0.4, 0.5) is 11.4 Å². The minimum atomic E-state index is -0.0768. The van der Waals surface area contributed by atoms with Crippen LogP contribution in [-0.2, 0) is 11.2 Å². The zero-order valence-electron chi connectivity index (χ0n) is 14.3. The van der Waals surface area contributed by atoms with Crippen molar-refractivity contribution in [2.45, 2.75) is 12.8 Å². The van der Waals surface area contributed by atoms with Gasteiger partial charge in [0.05, 0.1) is 24.9 Å². The first-order chi connectivity index (χ1) is 12.1. The van der Waals surface area contributed by atoms with Gasteiger partial charge in [-0.15, -0.1) is 0 Å². The van der Waals surface area contributed by atoms with Gasteiger partial charge in [-0.3, -0.25) is 4.79 Å². The Morgan fingerprint density at radius 1 is 1.20 bits per heavy atom. The molecule has 1 N–H and O–H groups in total. The van der Waals surface area contributed by atoms with E-state index in [4.69, 9.17) is 21.1 Å². The third kappa shape index (κ3) is 3.82. The van der Waals surface area contributed by atoms with Crippen LogP contribution in [0.25, 0.3) is 0 Å². The van der Waals surface area contributed by atoms with Gasteiger partial charge in [0, 0.05) is 37.3 Å². The van der Waals surface area contributed by atoms with Crippen molar-refractivity contribution in [1.29, 1.82) is 0 Å². The van der Waals surface area contributed by atoms with Crippen molar-refractivity contribution in [2.24, 2.45) is 0 Å². The van der Waals surface area contributed by atoms with E-state index in [-0.39, 0.29) is 5.91 Å². The van der Waals surface area contributed by atoms with Gasteiger partial charge in [-0.2, -0.15) is 0 Å². The monoisotopic (exact) mass is 360 g/mol. The normalized spacial score (nSPS) is 12.7. The third-order valence-electron chi connectivity index (χ3n) is 4.34. The summed E-state index contributed by atoms with van der Waals surface area (Å²) in [5.74, 6) is 0.920. The molecule has 0 saturated heterocycles. The Morgan fingerprint density at radius 2 is 1.96 bits per heavy atom. The van der Waals surface area contributed by atoms with Gasteiger partial charge in [0.1, 0.15) is 11.5 Å². The second kappa shape index (κ2) is 7.66. The molecule has 0 radical (unpaired) electrons. The second-order valence-corrected chi connectivity index (χ2v) is 6.26. The molecular formula is C19H21ClN2O3. The van der Waals surface area contributed by atoms with E-state index in [1.807, 2.05) is 6.07 Å². The summed E-state index contributed by atoms with van der Waals surface area (Å²) in [6.45, 7) is 1.63. The third-order valence-corrected chi connectivity index (χ3v) is 4.64. The van der Waals surface area contributed by atoms with Gasteiger partial charge in [0.15, 0.2) is 0 Å². The predicted molar refractivity (Wildman–Crippen MR) is 100 cm³/mol. The topological polar surface area (TPSA) is 50.8 Å². The summed E-state index contributed by atoms with van der Waals surface area (Å²) in [7, 11) is 3.07. The molecule has 25 heavy (non-hydrogen) atoms. The van der Waals surface area contributed by atoms with Gasteiger partial charge < -0.3 is 19.7 Å². The molecule has 0 saturated carbocycles. The summed E-state index contributed by atoms with van der Waals surface area (Å²) in [5.41, 5.74) is 3.11. The van der Waals surface area contributed by atoms with Gasteiger partial charge in [0.25, 0.3) is 0 Å². The number of ether oxygens (including phenoxy) is 2. The van der Waals surface area contributed by atoms with Crippen molar-refractivity contribution < 1.29 is 14.3 Å². The van der Waals surface area contributed by atoms with Crippen LogP contribution in [0.1, 0.15) is 12.0 Å². The first kappa shape index (κ1) is 17.4. The minimum absolute atomic E-state index is 0.0768. The molecule has 6 heteroatoms. The quantitative estimate of drug-likeness (QED) is 0.852. The number of carbonyl (C=O) groups excluding carboxylic acids is 1. The van der Waals surface area contributed by atoms with Crippen LogP contribution in [0, 0.1) is 0 Å². The molecule has 0 fully saturated rings. The van der Waals surface area contributed by atoms with Gasteiger partial charge in [-0.05, 0) is 18.1 Å². The maximum Gasteiger partial charge on any atom is 0.226 e. The highest BCUT2D eigenvalue weighted by Crippen LogP contribution is 2.36. The summed E-state index contributed by atoms with van der Waals surface area (Å²) in [5, 5.41) is 3.32. The molecule has 1 amide bonds. The lowest BCUT2D eigenvalue weighted by Gasteiger charge is -2.19. The molecule has 2 aromatic carbocycles.